The van der Waals surface area contributed by atoms with E-state index in [4.69, 9.17) is 10.6 Å². The van der Waals surface area contributed by atoms with Crippen molar-refractivity contribution in [1.29, 1.82) is 0 Å². The van der Waals surface area contributed by atoms with Crippen LogP contribution < -0.4 is 16.0 Å². The average Bonchev–Trinajstić information content (AvgIpc) is 3.27. The first-order valence-electron chi connectivity index (χ1n) is 6.85. The van der Waals surface area contributed by atoms with Gasteiger partial charge in [0, 0.05) is 5.56 Å². The van der Waals surface area contributed by atoms with Crippen LogP contribution in [0.3, 0.4) is 0 Å². The van der Waals surface area contributed by atoms with Crippen LogP contribution in [0.4, 0.5) is 8.78 Å². The zero-order valence-corrected chi connectivity index (χ0v) is 11.4. The number of halogens is 2. The highest BCUT2D eigenvalue weighted by atomic mass is 19.1. The third-order valence-electron chi connectivity index (χ3n) is 3.47. The molecule has 1 fully saturated rings. The highest BCUT2D eigenvalue weighted by molar-refractivity contribution is 5.38. The van der Waals surface area contributed by atoms with E-state index in [-0.39, 0.29) is 11.7 Å². The molecule has 1 aliphatic rings. The number of nitrogens with two attached hydrogens (primary N) is 1. The van der Waals surface area contributed by atoms with Crippen LogP contribution in [0, 0.1) is 11.6 Å². The predicted molar refractivity (Wildman–Crippen MR) is 75.6 cm³/mol. The van der Waals surface area contributed by atoms with Gasteiger partial charge in [0.15, 0.2) is 0 Å². The summed E-state index contributed by atoms with van der Waals surface area (Å²) >= 11 is 0. The van der Waals surface area contributed by atoms with Crippen LogP contribution in [-0.2, 0) is 0 Å². The minimum Gasteiger partial charge on any atom is -0.490 e. The minimum atomic E-state index is -0.769. The van der Waals surface area contributed by atoms with E-state index >= 15 is 0 Å². The Bertz CT molecular complexity index is 624. The van der Waals surface area contributed by atoms with Gasteiger partial charge in [-0.2, -0.15) is 0 Å². The molecule has 2 aromatic carbocycles. The Kier molecular flexibility index (Phi) is 3.86. The maximum Gasteiger partial charge on any atom is 0.131 e. The second kappa shape index (κ2) is 5.79. The van der Waals surface area contributed by atoms with Crippen molar-refractivity contribution >= 4 is 0 Å². The Morgan fingerprint density at radius 1 is 1.10 bits per heavy atom. The topological polar surface area (TPSA) is 47.3 Å². The molecule has 1 atom stereocenters. The largest absolute Gasteiger partial charge is 0.490 e. The molecule has 0 amide bonds. The van der Waals surface area contributed by atoms with E-state index in [1.54, 1.807) is 18.2 Å². The zero-order chi connectivity index (χ0) is 14.8. The van der Waals surface area contributed by atoms with Gasteiger partial charge in [-0.1, -0.05) is 18.2 Å². The van der Waals surface area contributed by atoms with E-state index in [2.05, 4.69) is 5.43 Å². The standard InChI is InChI=1S/C16H16F2N2O/c17-13-5-2-6-14(18)15(13)16(20-19)10-3-1-4-12(9-10)21-11-7-8-11/h1-6,9,11,16,20H,7-8,19H2. The van der Waals surface area contributed by atoms with Gasteiger partial charge >= 0.3 is 0 Å². The van der Waals surface area contributed by atoms with Gasteiger partial charge in [-0.3, -0.25) is 5.84 Å². The Morgan fingerprint density at radius 3 is 2.38 bits per heavy atom. The van der Waals surface area contributed by atoms with Crippen LogP contribution in [0.1, 0.15) is 30.0 Å². The van der Waals surface area contributed by atoms with Crippen molar-refractivity contribution in [3.8, 4) is 5.75 Å². The molecule has 110 valence electrons. The molecule has 0 aliphatic heterocycles. The monoisotopic (exact) mass is 290 g/mol. The summed E-state index contributed by atoms with van der Waals surface area (Å²) in [6.07, 6.45) is 2.35. The molecule has 1 saturated carbocycles. The molecular formula is C16H16F2N2O. The fourth-order valence-electron chi connectivity index (χ4n) is 2.28. The number of rotatable bonds is 5. The highest BCUT2D eigenvalue weighted by Crippen LogP contribution is 2.31. The predicted octanol–water partition coefficient (Wildman–Crippen LogP) is 3.06. The van der Waals surface area contributed by atoms with E-state index in [0.717, 1.165) is 12.8 Å². The summed E-state index contributed by atoms with van der Waals surface area (Å²) in [4.78, 5) is 0. The Labute approximate surface area is 121 Å². The second-order valence-electron chi connectivity index (χ2n) is 5.12. The number of hydrogen-bond donors (Lipinski definition) is 2. The summed E-state index contributed by atoms with van der Waals surface area (Å²) in [5, 5.41) is 0. The number of ether oxygens (including phenoxy) is 1. The SMILES string of the molecule is NNC(c1cccc(OC2CC2)c1)c1c(F)cccc1F. The van der Waals surface area contributed by atoms with Gasteiger partial charge in [0.1, 0.15) is 17.4 Å². The van der Waals surface area contributed by atoms with Crippen molar-refractivity contribution < 1.29 is 13.5 Å². The summed E-state index contributed by atoms with van der Waals surface area (Å²) in [7, 11) is 0. The first-order chi connectivity index (χ1) is 10.2. The molecule has 3 rings (SSSR count). The van der Waals surface area contributed by atoms with E-state index in [1.165, 1.54) is 18.2 Å². The molecule has 0 saturated heterocycles. The maximum absolute atomic E-state index is 13.9. The highest BCUT2D eigenvalue weighted by Gasteiger charge is 2.25. The molecule has 0 radical (unpaired) electrons. The third kappa shape index (κ3) is 3.04. The number of hydrogen-bond acceptors (Lipinski definition) is 3. The van der Waals surface area contributed by atoms with Crippen LogP contribution in [0.15, 0.2) is 42.5 Å². The van der Waals surface area contributed by atoms with Crippen molar-refractivity contribution in [2.24, 2.45) is 5.84 Å². The lowest BCUT2D eigenvalue weighted by atomic mass is 9.98. The zero-order valence-electron chi connectivity index (χ0n) is 11.4. The molecule has 21 heavy (non-hydrogen) atoms. The van der Waals surface area contributed by atoms with Gasteiger partial charge in [-0.25, -0.2) is 14.2 Å². The average molecular weight is 290 g/mol. The first kappa shape index (κ1) is 14.0. The van der Waals surface area contributed by atoms with E-state index in [9.17, 15) is 8.78 Å². The van der Waals surface area contributed by atoms with E-state index in [1.807, 2.05) is 6.07 Å². The van der Waals surface area contributed by atoms with Gasteiger partial charge in [0.05, 0.1) is 12.1 Å². The smallest absolute Gasteiger partial charge is 0.131 e. The quantitative estimate of drug-likeness (QED) is 0.657. The molecular weight excluding hydrogens is 274 g/mol. The lowest BCUT2D eigenvalue weighted by Gasteiger charge is -2.19. The lowest BCUT2D eigenvalue weighted by molar-refractivity contribution is 0.302. The summed E-state index contributed by atoms with van der Waals surface area (Å²) < 4.78 is 33.6. The van der Waals surface area contributed by atoms with Crippen molar-refractivity contribution in [3.05, 3.63) is 65.2 Å². The van der Waals surface area contributed by atoms with Gasteiger partial charge in [0.25, 0.3) is 0 Å². The normalized spacial score (nSPS) is 15.8. The fraction of sp³-hybridized carbons (Fsp3) is 0.250. The summed E-state index contributed by atoms with van der Waals surface area (Å²) in [6.45, 7) is 0. The van der Waals surface area contributed by atoms with Gasteiger partial charge in [-0.05, 0) is 42.7 Å². The van der Waals surface area contributed by atoms with Crippen LogP contribution in [0.25, 0.3) is 0 Å². The van der Waals surface area contributed by atoms with Crippen LogP contribution in [0.5, 0.6) is 5.75 Å². The molecule has 0 aromatic heterocycles. The number of nitrogens with one attached hydrogen (secondary N) is 1. The van der Waals surface area contributed by atoms with Crippen LogP contribution in [0.2, 0.25) is 0 Å². The number of benzene rings is 2. The molecule has 1 unspecified atom stereocenters. The molecule has 0 heterocycles. The maximum atomic E-state index is 13.9. The molecule has 1 aliphatic carbocycles. The van der Waals surface area contributed by atoms with Crippen LogP contribution >= 0.6 is 0 Å². The summed E-state index contributed by atoms with van der Waals surface area (Å²) in [5.74, 6) is 4.94. The molecule has 0 spiro atoms. The minimum absolute atomic E-state index is 0.0939. The van der Waals surface area contributed by atoms with Gasteiger partial charge in [0.2, 0.25) is 0 Å². The molecule has 3 N–H and O–H groups in total. The van der Waals surface area contributed by atoms with E-state index in [0.29, 0.717) is 11.3 Å². The fourth-order valence-corrected chi connectivity index (χ4v) is 2.28. The number of hydrazine groups is 1. The second-order valence-corrected chi connectivity index (χ2v) is 5.12. The third-order valence-corrected chi connectivity index (χ3v) is 3.47. The molecule has 5 heteroatoms. The van der Waals surface area contributed by atoms with Gasteiger partial charge < -0.3 is 4.74 Å². The van der Waals surface area contributed by atoms with Gasteiger partial charge in [-0.15, -0.1) is 0 Å². The van der Waals surface area contributed by atoms with Crippen molar-refractivity contribution in [2.75, 3.05) is 0 Å². The van der Waals surface area contributed by atoms with Crippen LogP contribution in [-0.4, -0.2) is 6.10 Å². The molecule has 3 nitrogen and oxygen atoms in total. The lowest BCUT2D eigenvalue weighted by Crippen LogP contribution is -2.30. The Balaban J connectivity index is 1.95. The first-order valence-corrected chi connectivity index (χ1v) is 6.85. The van der Waals surface area contributed by atoms with E-state index < -0.39 is 17.7 Å². The van der Waals surface area contributed by atoms with Crippen molar-refractivity contribution in [3.63, 3.8) is 0 Å². The Hall–Kier alpha value is -1.98. The summed E-state index contributed by atoms with van der Waals surface area (Å²) in [5.41, 5.74) is 3.04. The Morgan fingerprint density at radius 2 is 1.76 bits per heavy atom. The summed E-state index contributed by atoms with van der Waals surface area (Å²) in [6, 6.07) is 10.1. The molecule has 0 bridgehead atoms. The molecule has 2 aromatic rings. The van der Waals surface area contributed by atoms with Crippen molar-refractivity contribution in [2.45, 2.75) is 25.0 Å². The van der Waals surface area contributed by atoms with Crippen molar-refractivity contribution in [1.82, 2.24) is 5.43 Å².